The molecule has 0 radical (unpaired) electrons. The number of unbranched alkanes of at least 4 members (excludes halogenated alkanes) is 1. The van der Waals surface area contributed by atoms with E-state index in [2.05, 4.69) is 12.2 Å². The monoisotopic (exact) mass is 270 g/mol. The number of hydrogen-bond donors (Lipinski definition) is 2. The van der Waals surface area contributed by atoms with Crippen LogP contribution in [-0.4, -0.2) is 25.7 Å². The maximum Gasteiger partial charge on any atom is 0.254 e. The number of rotatable bonds is 7. The van der Waals surface area contributed by atoms with Crippen LogP contribution in [0.25, 0.3) is 0 Å². The zero-order valence-electron chi connectivity index (χ0n) is 10.5. The molecule has 3 N–H and O–H groups in total. The normalized spacial score (nSPS) is 10.3. The van der Waals surface area contributed by atoms with Crippen molar-refractivity contribution in [2.75, 3.05) is 25.5 Å². The first-order chi connectivity index (χ1) is 8.66. The van der Waals surface area contributed by atoms with Crippen molar-refractivity contribution in [1.29, 1.82) is 0 Å². The third-order valence-electron chi connectivity index (χ3n) is 2.45. The Morgan fingerprint density at radius 1 is 1.44 bits per heavy atom. The summed E-state index contributed by atoms with van der Waals surface area (Å²) in [7, 11) is 0. The van der Waals surface area contributed by atoms with Gasteiger partial charge in [0.2, 0.25) is 0 Å². The fourth-order valence-electron chi connectivity index (χ4n) is 1.45. The van der Waals surface area contributed by atoms with Crippen LogP contribution in [0.3, 0.4) is 0 Å². The van der Waals surface area contributed by atoms with Crippen molar-refractivity contribution >= 4 is 23.2 Å². The zero-order valence-corrected chi connectivity index (χ0v) is 11.3. The van der Waals surface area contributed by atoms with E-state index in [9.17, 15) is 4.79 Å². The Bertz CT molecular complexity index is 376. The number of nitrogens with two attached hydrogens (primary N) is 1. The second kappa shape index (κ2) is 7.95. The van der Waals surface area contributed by atoms with E-state index in [4.69, 9.17) is 22.1 Å². The van der Waals surface area contributed by atoms with E-state index in [-0.39, 0.29) is 5.91 Å². The third kappa shape index (κ3) is 4.55. The van der Waals surface area contributed by atoms with Gasteiger partial charge in [-0.1, -0.05) is 31.0 Å². The van der Waals surface area contributed by atoms with Gasteiger partial charge in [0.1, 0.15) is 0 Å². The van der Waals surface area contributed by atoms with Crippen molar-refractivity contribution in [1.82, 2.24) is 5.32 Å². The van der Waals surface area contributed by atoms with Crippen LogP contribution in [0.5, 0.6) is 0 Å². The van der Waals surface area contributed by atoms with Gasteiger partial charge in [0.15, 0.2) is 0 Å². The molecule has 1 amide bonds. The second-order valence-electron chi connectivity index (χ2n) is 3.93. The lowest BCUT2D eigenvalue weighted by molar-refractivity contribution is 0.0914. The van der Waals surface area contributed by atoms with Gasteiger partial charge in [0, 0.05) is 18.8 Å². The third-order valence-corrected chi connectivity index (χ3v) is 2.76. The lowest BCUT2D eigenvalue weighted by atomic mass is 10.1. The summed E-state index contributed by atoms with van der Waals surface area (Å²) in [6, 6.07) is 5.01. The summed E-state index contributed by atoms with van der Waals surface area (Å²) in [6.45, 7) is 3.77. The first-order valence-electron chi connectivity index (χ1n) is 6.06. The Morgan fingerprint density at radius 2 is 2.22 bits per heavy atom. The number of halogens is 1. The number of hydrogen-bond acceptors (Lipinski definition) is 3. The Hall–Kier alpha value is -1.26. The highest BCUT2D eigenvalue weighted by atomic mass is 35.5. The maximum absolute atomic E-state index is 11.8. The van der Waals surface area contributed by atoms with Gasteiger partial charge in [-0.15, -0.1) is 0 Å². The molecule has 0 bridgehead atoms. The van der Waals surface area contributed by atoms with Crippen molar-refractivity contribution in [3.8, 4) is 0 Å². The summed E-state index contributed by atoms with van der Waals surface area (Å²) < 4.78 is 5.34. The largest absolute Gasteiger partial charge is 0.398 e. The molecule has 1 rings (SSSR count). The van der Waals surface area contributed by atoms with Crippen LogP contribution in [0.1, 0.15) is 30.1 Å². The number of carbonyl (C=O) groups excluding carboxylic acids is 1. The van der Waals surface area contributed by atoms with Crippen LogP contribution in [0.2, 0.25) is 5.02 Å². The molecule has 0 aliphatic heterocycles. The molecule has 18 heavy (non-hydrogen) atoms. The van der Waals surface area contributed by atoms with Gasteiger partial charge in [0.25, 0.3) is 5.91 Å². The van der Waals surface area contributed by atoms with E-state index in [1.807, 2.05) is 0 Å². The summed E-state index contributed by atoms with van der Waals surface area (Å²) in [5.41, 5.74) is 6.42. The Kier molecular flexibility index (Phi) is 6.54. The highest BCUT2D eigenvalue weighted by molar-refractivity contribution is 6.34. The molecule has 0 saturated carbocycles. The van der Waals surface area contributed by atoms with Gasteiger partial charge in [0.05, 0.1) is 17.2 Å². The highest BCUT2D eigenvalue weighted by Gasteiger charge is 2.12. The quantitative estimate of drug-likeness (QED) is 0.591. The smallest absolute Gasteiger partial charge is 0.254 e. The average Bonchev–Trinajstić information content (AvgIpc) is 2.33. The van der Waals surface area contributed by atoms with Crippen LogP contribution in [0.15, 0.2) is 18.2 Å². The van der Waals surface area contributed by atoms with E-state index in [0.29, 0.717) is 29.4 Å². The molecule has 0 saturated heterocycles. The average molecular weight is 271 g/mol. The molecule has 0 atom stereocenters. The molecule has 100 valence electrons. The first kappa shape index (κ1) is 14.8. The fourth-order valence-corrected chi connectivity index (χ4v) is 1.72. The summed E-state index contributed by atoms with van der Waals surface area (Å²) in [4.78, 5) is 11.8. The van der Waals surface area contributed by atoms with Gasteiger partial charge in [-0.2, -0.15) is 0 Å². The van der Waals surface area contributed by atoms with E-state index in [1.54, 1.807) is 18.2 Å². The van der Waals surface area contributed by atoms with Crippen LogP contribution in [0.4, 0.5) is 5.69 Å². The van der Waals surface area contributed by atoms with Crippen molar-refractivity contribution in [3.05, 3.63) is 28.8 Å². The van der Waals surface area contributed by atoms with Gasteiger partial charge >= 0.3 is 0 Å². The number of nitrogen functional groups attached to an aromatic ring is 1. The fraction of sp³-hybridized carbons (Fsp3) is 0.462. The predicted octanol–water partition coefficient (Wildman–Crippen LogP) is 2.47. The zero-order chi connectivity index (χ0) is 13.4. The molecular formula is C13H19ClN2O2. The molecule has 0 spiro atoms. The number of benzene rings is 1. The molecule has 0 aliphatic rings. The Labute approximate surface area is 112 Å². The van der Waals surface area contributed by atoms with Crippen molar-refractivity contribution in [3.63, 3.8) is 0 Å². The van der Waals surface area contributed by atoms with Gasteiger partial charge in [-0.25, -0.2) is 0 Å². The van der Waals surface area contributed by atoms with Crippen molar-refractivity contribution in [2.24, 2.45) is 0 Å². The molecular weight excluding hydrogens is 252 g/mol. The number of amides is 1. The maximum atomic E-state index is 11.8. The van der Waals surface area contributed by atoms with Crippen molar-refractivity contribution < 1.29 is 9.53 Å². The van der Waals surface area contributed by atoms with Crippen LogP contribution >= 0.6 is 11.6 Å². The van der Waals surface area contributed by atoms with Crippen LogP contribution < -0.4 is 11.1 Å². The van der Waals surface area contributed by atoms with E-state index < -0.39 is 0 Å². The number of nitrogens with one attached hydrogen (secondary N) is 1. The molecule has 0 heterocycles. The molecule has 1 aromatic carbocycles. The SMILES string of the molecule is CCCCOCCNC(=O)c1c(N)cccc1Cl. The lowest BCUT2D eigenvalue weighted by Gasteiger charge is -2.09. The standard InChI is InChI=1S/C13H19ClN2O2/c1-2-3-8-18-9-7-16-13(17)12-10(14)5-4-6-11(12)15/h4-6H,2-3,7-9,15H2,1H3,(H,16,17). The molecule has 0 aliphatic carbocycles. The lowest BCUT2D eigenvalue weighted by Crippen LogP contribution is -2.28. The molecule has 1 aromatic rings. The minimum atomic E-state index is -0.266. The molecule has 0 aromatic heterocycles. The first-order valence-corrected chi connectivity index (χ1v) is 6.44. The summed E-state index contributed by atoms with van der Waals surface area (Å²) >= 11 is 5.93. The van der Waals surface area contributed by atoms with E-state index in [0.717, 1.165) is 19.4 Å². The van der Waals surface area contributed by atoms with Gasteiger partial charge in [-0.3, -0.25) is 4.79 Å². The predicted molar refractivity (Wildman–Crippen MR) is 73.9 cm³/mol. The molecule has 0 unspecified atom stereocenters. The summed E-state index contributed by atoms with van der Waals surface area (Å²) in [5.74, 6) is -0.266. The topological polar surface area (TPSA) is 64.3 Å². The van der Waals surface area contributed by atoms with Gasteiger partial charge < -0.3 is 15.8 Å². The Balaban J connectivity index is 2.37. The number of carbonyl (C=O) groups is 1. The highest BCUT2D eigenvalue weighted by Crippen LogP contribution is 2.21. The summed E-state index contributed by atoms with van der Waals surface area (Å²) in [5, 5.41) is 3.09. The molecule has 5 heteroatoms. The van der Waals surface area contributed by atoms with Gasteiger partial charge in [-0.05, 0) is 18.6 Å². The minimum Gasteiger partial charge on any atom is -0.398 e. The van der Waals surface area contributed by atoms with E-state index in [1.165, 1.54) is 0 Å². The van der Waals surface area contributed by atoms with E-state index >= 15 is 0 Å². The number of anilines is 1. The van der Waals surface area contributed by atoms with Crippen molar-refractivity contribution in [2.45, 2.75) is 19.8 Å². The molecule has 4 nitrogen and oxygen atoms in total. The Morgan fingerprint density at radius 3 is 2.89 bits per heavy atom. The van der Waals surface area contributed by atoms with Crippen LogP contribution in [-0.2, 0) is 4.74 Å². The summed E-state index contributed by atoms with van der Waals surface area (Å²) in [6.07, 6.45) is 2.13. The molecule has 0 fully saturated rings. The second-order valence-corrected chi connectivity index (χ2v) is 4.33. The minimum absolute atomic E-state index is 0.266. The number of ether oxygens (including phenoxy) is 1. The van der Waals surface area contributed by atoms with Crippen LogP contribution in [0, 0.1) is 0 Å².